The Bertz CT molecular complexity index is 1370. The van der Waals surface area contributed by atoms with Crippen LogP contribution >= 0.6 is 0 Å². The lowest BCUT2D eigenvalue weighted by Crippen LogP contribution is -2.20. The van der Waals surface area contributed by atoms with Crippen molar-refractivity contribution in [3.05, 3.63) is 95.0 Å². The van der Waals surface area contributed by atoms with E-state index in [0.717, 1.165) is 33.2 Å². The molecular weight excluding hydrogens is 350 g/mol. The Hall–Kier alpha value is -3.73. The zero-order valence-corrected chi connectivity index (χ0v) is 15.3. The van der Waals surface area contributed by atoms with Crippen LogP contribution in [0.15, 0.2) is 82.4 Å². The van der Waals surface area contributed by atoms with E-state index in [1.54, 1.807) is 10.8 Å². The van der Waals surface area contributed by atoms with Crippen LogP contribution in [0.4, 0.5) is 0 Å². The Balaban J connectivity index is 1.59. The van der Waals surface area contributed by atoms with Crippen LogP contribution in [0.25, 0.3) is 33.0 Å². The molecule has 0 spiro atoms. The molecule has 2 aromatic carbocycles. The summed E-state index contributed by atoms with van der Waals surface area (Å²) in [6.07, 6.45) is 5.29. The predicted molar refractivity (Wildman–Crippen MR) is 109 cm³/mol. The van der Waals surface area contributed by atoms with Gasteiger partial charge in [-0.1, -0.05) is 36.4 Å². The molecule has 0 fully saturated rings. The summed E-state index contributed by atoms with van der Waals surface area (Å²) in [5.74, 6) is 0.634. The first kappa shape index (κ1) is 16.4. The highest BCUT2D eigenvalue weighted by Crippen LogP contribution is 2.26. The summed E-state index contributed by atoms with van der Waals surface area (Å²) in [5, 5.41) is 1.52. The standard InChI is InChI=1S/C23H17N3O2/c1-15-25-21-8-7-16(11-22(21)28-15)14-26-10-9-18-19(17-5-3-2-4-6-17)12-24-13-20(18)23(26)27/h2-13H,14H2,1H3. The van der Waals surface area contributed by atoms with E-state index in [2.05, 4.69) is 9.97 Å². The van der Waals surface area contributed by atoms with Gasteiger partial charge in [-0.3, -0.25) is 9.78 Å². The van der Waals surface area contributed by atoms with Gasteiger partial charge < -0.3 is 8.98 Å². The minimum atomic E-state index is -0.0587. The van der Waals surface area contributed by atoms with E-state index in [1.165, 1.54) is 0 Å². The second kappa shape index (κ2) is 6.46. The number of aryl methyl sites for hydroxylation is 1. The van der Waals surface area contributed by atoms with E-state index in [9.17, 15) is 4.79 Å². The summed E-state index contributed by atoms with van der Waals surface area (Å²) in [4.78, 5) is 21.7. The number of nitrogens with zero attached hydrogens (tertiary/aromatic N) is 3. The van der Waals surface area contributed by atoms with Gasteiger partial charge in [-0.05, 0) is 34.7 Å². The highest BCUT2D eigenvalue weighted by Gasteiger charge is 2.10. The fourth-order valence-corrected chi connectivity index (χ4v) is 3.56. The molecule has 0 atom stereocenters. The lowest BCUT2D eigenvalue weighted by atomic mass is 10.0. The third-order valence-corrected chi connectivity index (χ3v) is 4.90. The number of rotatable bonds is 3. The van der Waals surface area contributed by atoms with E-state index in [-0.39, 0.29) is 5.56 Å². The number of hydrogen-bond acceptors (Lipinski definition) is 4. The van der Waals surface area contributed by atoms with Gasteiger partial charge >= 0.3 is 0 Å². The fraction of sp³-hybridized carbons (Fsp3) is 0.0870. The SMILES string of the molecule is Cc1nc2ccc(Cn3ccc4c(-c5ccccc5)cncc4c3=O)cc2o1. The molecule has 0 saturated heterocycles. The minimum absolute atomic E-state index is 0.0587. The van der Waals surface area contributed by atoms with E-state index >= 15 is 0 Å². The van der Waals surface area contributed by atoms with E-state index in [4.69, 9.17) is 4.42 Å². The third kappa shape index (κ3) is 2.77. The van der Waals surface area contributed by atoms with Crippen molar-refractivity contribution in [3.63, 3.8) is 0 Å². The van der Waals surface area contributed by atoms with Gasteiger partial charge in [0.15, 0.2) is 11.5 Å². The maximum absolute atomic E-state index is 13.1. The first-order valence-electron chi connectivity index (χ1n) is 9.08. The summed E-state index contributed by atoms with van der Waals surface area (Å²) < 4.78 is 7.30. The van der Waals surface area contributed by atoms with Gasteiger partial charge in [-0.15, -0.1) is 0 Å². The van der Waals surface area contributed by atoms with Crippen molar-refractivity contribution in [2.75, 3.05) is 0 Å². The molecule has 5 aromatic rings. The number of fused-ring (bicyclic) bond motifs is 2. The molecular formula is C23H17N3O2. The molecule has 0 saturated carbocycles. The number of hydrogen-bond donors (Lipinski definition) is 0. The second-order valence-electron chi connectivity index (χ2n) is 6.80. The first-order valence-corrected chi connectivity index (χ1v) is 9.08. The number of aromatic nitrogens is 3. The largest absolute Gasteiger partial charge is 0.441 e. The molecule has 5 heteroatoms. The third-order valence-electron chi connectivity index (χ3n) is 4.90. The van der Waals surface area contributed by atoms with Crippen LogP contribution < -0.4 is 5.56 Å². The molecule has 0 aliphatic carbocycles. The van der Waals surface area contributed by atoms with Gasteiger partial charge in [-0.25, -0.2) is 4.98 Å². The minimum Gasteiger partial charge on any atom is -0.441 e. The topological polar surface area (TPSA) is 60.9 Å². The smallest absolute Gasteiger partial charge is 0.260 e. The van der Waals surface area contributed by atoms with E-state index < -0.39 is 0 Å². The summed E-state index contributed by atoms with van der Waals surface area (Å²) in [7, 11) is 0. The van der Waals surface area contributed by atoms with Crippen molar-refractivity contribution in [1.29, 1.82) is 0 Å². The van der Waals surface area contributed by atoms with Crippen molar-refractivity contribution >= 4 is 21.9 Å². The van der Waals surface area contributed by atoms with Crippen molar-refractivity contribution in [2.45, 2.75) is 13.5 Å². The molecule has 3 aromatic heterocycles. The highest BCUT2D eigenvalue weighted by atomic mass is 16.3. The maximum atomic E-state index is 13.1. The first-order chi connectivity index (χ1) is 13.7. The zero-order chi connectivity index (χ0) is 19.1. The fourth-order valence-electron chi connectivity index (χ4n) is 3.56. The Kier molecular flexibility index (Phi) is 3.79. The number of benzene rings is 2. The van der Waals surface area contributed by atoms with E-state index in [1.807, 2.05) is 73.9 Å². The van der Waals surface area contributed by atoms with Gasteiger partial charge in [0.05, 0.1) is 11.9 Å². The molecule has 5 rings (SSSR count). The average molecular weight is 367 g/mol. The zero-order valence-electron chi connectivity index (χ0n) is 15.3. The molecule has 0 N–H and O–H groups in total. The van der Waals surface area contributed by atoms with Crippen LogP contribution in [-0.4, -0.2) is 14.5 Å². The van der Waals surface area contributed by atoms with E-state index in [0.29, 0.717) is 17.8 Å². The van der Waals surface area contributed by atoms with Gasteiger partial charge in [0.25, 0.3) is 5.56 Å². The van der Waals surface area contributed by atoms with Crippen LogP contribution in [0.1, 0.15) is 11.5 Å². The second-order valence-corrected chi connectivity index (χ2v) is 6.80. The molecule has 3 heterocycles. The molecule has 28 heavy (non-hydrogen) atoms. The van der Waals surface area contributed by atoms with Gasteiger partial charge in [0, 0.05) is 31.1 Å². The van der Waals surface area contributed by atoms with Crippen LogP contribution in [-0.2, 0) is 6.54 Å². The monoisotopic (exact) mass is 367 g/mol. The van der Waals surface area contributed by atoms with Crippen LogP contribution in [0.3, 0.4) is 0 Å². The number of oxazole rings is 1. The molecule has 0 aliphatic heterocycles. The van der Waals surface area contributed by atoms with Crippen LogP contribution in [0, 0.1) is 6.92 Å². The van der Waals surface area contributed by atoms with Gasteiger partial charge in [0.2, 0.25) is 0 Å². The summed E-state index contributed by atoms with van der Waals surface area (Å²) in [6, 6.07) is 17.8. The Morgan fingerprint density at radius 2 is 1.86 bits per heavy atom. The molecule has 0 radical (unpaired) electrons. The summed E-state index contributed by atoms with van der Waals surface area (Å²) in [5.41, 5.74) is 4.49. The molecule has 0 amide bonds. The van der Waals surface area contributed by atoms with Crippen LogP contribution in [0.2, 0.25) is 0 Å². The van der Waals surface area contributed by atoms with Crippen molar-refractivity contribution in [2.24, 2.45) is 0 Å². The quantitative estimate of drug-likeness (QED) is 0.469. The van der Waals surface area contributed by atoms with Crippen molar-refractivity contribution < 1.29 is 4.42 Å². The lowest BCUT2D eigenvalue weighted by Gasteiger charge is -2.10. The van der Waals surface area contributed by atoms with Crippen molar-refractivity contribution in [3.8, 4) is 11.1 Å². The van der Waals surface area contributed by atoms with Crippen molar-refractivity contribution in [1.82, 2.24) is 14.5 Å². The molecule has 136 valence electrons. The lowest BCUT2D eigenvalue weighted by molar-refractivity contribution is 0.560. The van der Waals surface area contributed by atoms with Gasteiger partial charge in [0.1, 0.15) is 5.52 Å². The Morgan fingerprint density at radius 3 is 2.71 bits per heavy atom. The summed E-state index contributed by atoms with van der Waals surface area (Å²) in [6.45, 7) is 2.28. The number of pyridine rings is 2. The normalized spacial score (nSPS) is 11.3. The van der Waals surface area contributed by atoms with Gasteiger partial charge in [-0.2, -0.15) is 0 Å². The molecule has 0 aliphatic rings. The maximum Gasteiger partial charge on any atom is 0.260 e. The highest BCUT2D eigenvalue weighted by molar-refractivity contribution is 5.95. The summed E-state index contributed by atoms with van der Waals surface area (Å²) >= 11 is 0. The predicted octanol–water partition coefficient (Wildman–Crippen LogP) is 4.56. The molecule has 0 unspecified atom stereocenters. The average Bonchev–Trinajstić information content (AvgIpc) is 3.10. The molecule has 0 bridgehead atoms. The van der Waals surface area contributed by atoms with Crippen LogP contribution in [0.5, 0.6) is 0 Å². The Labute approximate surface area is 160 Å². The molecule has 5 nitrogen and oxygen atoms in total. The Morgan fingerprint density at radius 1 is 1.00 bits per heavy atom.